The van der Waals surface area contributed by atoms with Crippen LogP contribution in [0.4, 0.5) is 8.78 Å². The maximum Gasteiger partial charge on any atom is 0.251 e. The molecular formula is C14H21F2N3O3. The van der Waals surface area contributed by atoms with E-state index in [1.807, 2.05) is 6.92 Å². The monoisotopic (exact) mass is 317 g/mol. The Bertz CT molecular complexity index is 508. The maximum absolute atomic E-state index is 12.6. The quantitative estimate of drug-likeness (QED) is 0.852. The van der Waals surface area contributed by atoms with E-state index in [0.29, 0.717) is 31.2 Å². The van der Waals surface area contributed by atoms with Gasteiger partial charge in [0.1, 0.15) is 11.8 Å². The van der Waals surface area contributed by atoms with Crippen molar-refractivity contribution in [3.05, 3.63) is 17.3 Å². The minimum absolute atomic E-state index is 0.119. The number of hydrogen-bond acceptors (Lipinski definition) is 5. The van der Waals surface area contributed by atoms with Gasteiger partial charge in [-0.15, -0.1) is 0 Å². The number of morpholine rings is 1. The molecule has 1 aliphatic heterocycles. The van der Waals surface area contributed by atoms with E-state index in [1.165, 1.54) is 4.90 Å². The second-order valence-corrected chi connectivity index (χ2v) is 5.16. The van der Waals surface area contributed by atoms with Gasteiger partial charge in [0.2, 0.25) is 5.91 Å². The molecule has 1 aromatic heterocycles. The number of rotatable bonds is 6. The maximum atomic E-state index is 12.6. The molecule has 1 atom stereocenters. The average molecular weight is 317 g/mol. The molecule has 1 aromatic rings. The molecule has 1 amide bonds. The van der Waals surface area contributed by atoms with E-state index in [-0.39, 0.29) is 19.1 Å². The average Bonchev–Trinajstić information content (AvgIpc) is 2.85. The number of halogens is 2. The highest BCUT2D eigenvalue weighted by molar-refractivity contribution is 5.82. The number of ether oxygens (including phenoxy) is 1. The number of carbonyl (C=O) groups is 1. The van der Waals surface area contributed by atoms with Crippen LogP contribution in [0.3, 0.4) is 0 Å². The van der Waals surface area contributed by atoms with Crippen molar-refractivity contribution in [1.29, 1.82) is 0 Å². The number of aromatic nitrogens is 1. The summed E-state index contributed by atoms with van der Waals surface area (Å²) in [7, 11) is 0. The molecule has 6 nitrogen and oxygen atoms in total. The van der Waals surface area contributed by atoms with Crippen LogP contribution in [0, 0.1) is 6.92 Å². The van der Waals surface area contributed by atoms with Crippen LogP contribution in [0.5, 0.6) is 0 Å². The first-order valence-corrected chi connectivity index (χ1v) is 7.34. The number of oxazole rings is 1. The van der Waals surface area contributed by atoms with Crippen LogP contribution in [0.15, 0.2) is 4.42 Å². The molecule has 0 radical (unpaired) electrons. The summed E-state index contributed by atoms with van der Waals surface area (Å²) in [6.45, 7) is 4.29. The Morgan fingerprint density at radius 2 is 2.32 bits per heavy atom. The number of aryl methyl sites for hydroxylation is 2. The molecule has 2 heterocycles. The van der Waals surface area contributed by atoms with E-state index < -0.39 is 19.0 Å². The predicted octanol–water partition coefficient (Wildman–Crippen LogP) is 1.13. The lowest BCUT2D eigenvalue weighted by atomic mass is 10.2. The van der Waals surface area contributed by atoms with Crippen molar-refractivity contribution in [2.24, 2.45) is 0 Å². The van der Waals surface area contributed by atoms with E-state index in [9.17, 15) is 13.6 Å². The smallest absolute Gasteiger partial charge is 0.251 e. The fraction of sp³-hybridized carbons (Fsp3) is 0.714. The summed E-state index contributed by atoms with van der Waals surface area (Å²) >= 11 is 0. The topological polar surface area (TPSA) is 67.6 Å². The van der Waals surface area contributed by atoms with Gasteiger partial charge < -0.3 is 14.5 Å². The highest BCUT2D eigenvalue weighted by atomic mass is 19.3. The van der Waals surface area contributed by atoms with Gasteiger partial charge >= 0.3 is 0 Å². The van der Waals surface area contributed by atoms with Crippen LogP contribution in [-0.4, -0.2) is 54.6 Å². The Morgan fingerprint density at radius 1 is 1.55 bits per heavy atom. The second-order valence-electron chi connectivity index (χ2n) is 5.16. The molecule has 0 saturated carbocycles. The molecule has 0 bridgehead atoms. The van der Waals surface area contributed by atoms with Gasteiger partial charge in [-0.1, -0.05) is 6.92 Å². The molecule has 1 unspecified atom stereocenters. The van der Waals surface area contributed by atoms with Gasteiger partial charge in [-0.05, 0) is 6.92 Å². The Hall–Kier alpha value is -1.54. The zero-order chi connectivity index (χ0) is 16.1. The van der Waals surface area contributed by atoms with Gasteiger partial charge in [0.15, 0.2) is 5.89 Å². The third-order valence-corrected chi connectivity index (χ3v) is 3.58. The van der Waals surface area contributed by atoms with Crippen molar-refractivity contribution in [3.63, 3.8) is 0 Å². The van der Waals surface area contributed by atoms with Crippen molar-refractivity contribution >= 4 is 5.91 Å². The highest BCUT2D eigenvalue weighted by Gasteiger charge is 2.31. The van der Waals surface area contributed by atoms with Crippen molar-refractivity contribution in [3.8, 4) is 0 Å². The molecular weight excluding hydrogens is 296 g/mol. The van der Waals surface area contributed by atoms with Gasteiger partial charge in [-0.25, -0.2) is 13.8 Å². The van der Waals surface area contributed by atoms with E-state index >= 15 is 0 Å². The summed E-state index contributed by atoms with van der Waals surface area (Å²) < 4.78 is 35.9. The number of nitrogens with zero attached hydrogens (tertiary/aromatic N) is 2. The standard InChI is InChI=1S/C14H21F2N3O3/c1-3-13-18-9(2)11(22-13)6-17-14(20)10-8-21-5-4-19(10)7-12(15)16/h10,12H,3-8H2,1-2H3,(H,17,20). The molecule has 8 heteroatoms. The molecule has 1 saturated heterocycles. The van der Waals surface area contributed by atoms with Crippen LogP contribution in [-0.2, 0) is 22.5 Å². The van der Waals surface area contributed by atoms with Gasteiger partial charge in [0.25, 0.3) is 6.43 Å². The fourth-order valence-corrected chi connectivity index (χ4v) is 2.36. The Morgan fingerprint density at radius 3 is 2.95 bits per heavy atom. The van der Waals surface area contributed by atoms with Crippen LogP contribution < -0.4 is 5.32 Å². The van der Waals surface area contributed by atoms with Crippen molar-refractivity contribution < 1.29 is 22.7 Å². The van der Waals surface area contributed by atoms with Crippen LogP contribution in [0.1, 0.15) is 24.3 Å². The van der Waals surface area contributed by atoms with Crippen LogP contribution in [0.2, 0.25) is 0 Å². The first-order chi connectivity index (χ1) is 10.5. The number of nitrogens with one attached hydrogen (secondary N) is 1. The van der Waals surface area contributed by atoms with Crippen molar-refractivity contribution in [2.75, 3.05) is 26.3 Å². The summed E-state index contributed by atoms with van der Waals surface area (Å²) in [4.78, 5) is 17.9. The molecule has 0 aromatic carbocycles. The van der Waals surface area contributed by atoms with Crippen molar-refractivity contribution in [2.45, 2.75) is 39.3 Å². The molecule has 0 spiro atoms. The highest BCUT2D eigenvalue weighted by Crippen LogP contribution is 2.12. The minimum Gasteiger partial charge on any atom is -0.444 e. The normalized spacial score (nSPS) is 19.6. The summed E-state index contributed by atoms with van der Waals surface area (Å²) in [6, 6.07) is -0.698. The summed E-state index contributed by atoms with van der Waals surface area (Å²) in [6.07, 6.45) is -1.80. The Kier molecular flexibility index (Phi) is 5.84. The second kappa shape index (κ2) is 7.64. The third-order valence-electron chi connectivity index (χ3n) is 3.58. The summed E-state index contributed by atoms with van der Waals surface area (Å²) in [5, 5.41) is 2.71. The minimum atomic E-state index is -2.47. The number of hydrogen-bond donors (Lipinski definition) is 1. The van der Waals surface area contributed by atoms with Gasteiger partial charge in [-0.3, -0.25) is 9.69 Å². The van der Waals surface area contributed by atoms with E-state index in [2.05, 4.69) is 10.3 Å². The molecule has 0 aliphatic carbocycles. The Labute approximate surface area is 127 Å². The first kappa shape index (κ1) is 16.8. The lowest BCUT2D eigenvalue weighted by molar-refractivity contribution is -0.134. The molecule has 2 rings (SSSR count). The van der Waals surface area contributed by atoms with Gasteiger partial charge in [0.05, 0.1) is 32.0 Å². The first-order valence-electron chi connectivity index (χ1n) is 7.34. The van der Waals surface area contributed by atoms with Crippen LogP contribution in [0.25, 0.3) is 0 Å². The zero-order valence-electron chi connectivity index (χ0n) is 12.8. The Balaban J connectivity index is 1.93. The summed E-state index contributed by atoms with van der Waals surface area (Å²) in [5.41, 5.74) is 0.724. The lowest BCUT2D eigenvalue weighted by Gasteiger charge is -2.34. The van der Waals surface area contributed by atoms with Gasteiger partial charge in [-0.2, -0.15) is 0 Å². The number of alkyl halides is 2. The molecule has 124 valence electrons. The molecule has 1 aliphatic rings. The molecule has 1 fully saturated rings. The van der Waals surface area contributed by atoms with E-state index in [0.717, 1.165) is 5.69 Å². The van der Waals surface area contributed by atoms with Crippen molar-refractivity contribution in [1.82, 2.24) is 15.2 Å². The van der Waals surface area contributed by atoms with E-state index in [4.69, 9.17) is 9.15 Å². The predicted molar refractivity (Wildman–Crippen MR) is 74.6 cm³/mol. The molecule has 1 N–H and O–H groups in total. The number of amides is 1. The largest absolute Gasteiger partial charge is 0.444 e. The zero-order valence-corrected chi connectivity index (χ0v) is 12.8. The summed E-state index contributed by atoms with van der Waals surface area (Å²) in [5.74, 6) is 0.860. The van der Waals surface area contributed by atoms with E-state index in [1.54, 1.807) is 6.92 Å². The fourth-order valence-electron chi connectivity index (χ4n) is 2.36. The lowest BCUT2D eigenvalue weighted by Crippen LogP contribution is -2.54. The van der Waals surface area contributed by atoms with Crippen LogP contribution >= 0.6 is 0 Å². The number of carbonyl (C=O) groups excluding carboxylic acids is 1. The third kappa shape index (κ3) is 4.23. The molecule has 22 heavy (non-hydrogen) atoms. The SMILES string of the molecule is CCc1nc(C)c(CNC(=O)C2COCCN2CC(F)F)o1. The van der Waals surface area contributed by atoms with Gasteiger partial charge in [0, 0.05) is 13.0 Å².